The van der Waals surface area contributed by atoms with Gasteiger partial charge in [-0.2, -0.15) is 0 Å². The highest BCUT2D eigenvalue weighted by molar-refractivity contribution is 6.15. The van der Waals surface area contributed by atoms with Gasteiger partial charge in [-0.25, -0.2) is 0 Å². The van der Waals surface area contributed by atoms with E-state index in [1.807, 2.05) is 18.2 Å². The Hall–Kier alpha value is -2.73. The van der Waals surface area contributed by atoms with Gasteiger partial charge in [0.05, 0.1) is 40.2 Å². The van der Waals surface area contributed by atoms with Crippen molar-refractivity contribution in [1.82, 2.24) is 4.90 Å². The van der Waals surface area contributed by atoms with Crippen molar-refractivity contribution in [3.05, 3.63) is 47.0 Å². The number of hydrogen-bond donors (Lipinski definition) is 0. The molecule has 6 nitrogen and oxygen atoms in total. The van der Waals surface area contributed by atoms with Gasteiger partial charge in [-0.05, 0) is 55.9 Å². The second-order valence-corrected chi connectivity index (χ2v) is 7.57. The van der Waals surface area contributed by atoms with E-state index in [-0.39, 0.29) is 6.04 Å². The van der Waals surface area contributed by atoms with Gasteiger partial charge in [0.2, 0.25) is 0 Å². The maximum Gasteiger partial charge on any atom is 0.161 e. The first-order valence-electron chi connectivity index (χ1n) is 9.84. The van der Waals surface area contributed by atoms with Crippen LogP contribution in [0.3, 0.4) is 0 Å². The molecule has 6 heteroatoms. The Bertz CT molecular complexity index is 941. The molecule has 154 valence electrons. The van der Waals surface area contributed by atoms with Crippen LogP contribution in [0.5, 0.6) is 23.0 Å². The summed E-state index contributed by atoms with van der Waals surface area (Å²) in [6.07, 6.45) is 1.03. The second kappa shape index (κ2) is 7.95. The molecule has 2 aliphatic heterocycles. The Labute approximate surface area is 172 Å². The van der Waals surface area contributed by atoms with Crippen molar-refractivity contribution < 1.29 is 18.9 Å². The van der Waals surface area contributed by atoms with E-state index in [0.717, 1.165) is 42.1 Å². The molecule has 2 heterocycles. The minimum Gasteiger partial charge on any atom is -0.493 e. The third kappa shape index (κ3) is 3.42. The molecule has 2 atom stereocenters. The van der Waals surface area contributed by atoms with Gasteiger partial charge in [0.25, 0.3) is 0 Å². The molecule has 1 saturated heterocycles. The quantitative estimate of drug-likeness (QED) is 0.776. The molecular weight excluding hydrogens is 368 g/mol. The van der Waals surface area contributed by atoms with Gasteiger partial charge >= 0.3 is 0 Å². The summed E-state index contributed by atoms with van der Waals surface area (Å²) in [5.74, 6) is 3.21. The first-order chi connectivity index (χ1) is 14.1. The van der Waals surface area contributed by atoms with E-state index in [1.54, 1.807) is 28.4 Å². The maximum absolute atomic E-state index is 5.60. The Morgan fingerprint density at radius 2 is 1.52 bits per heavy atom. The zero-order valence-electron chi connectivity index (χ0n) is 17.7. The van der Waals surface area contributed by atoms with Crippen molar-refractivity contribution in [2.45, 2.75) is 18.4 Å². The van der Waals surface area contributed by atoms with Crippen LogP contribution in [0.15, 0.2) is 35.3 Å². The number of hydrogen-bond acceptors (Lipinski definition) is 6. The normalized spacial score (nSPS) is 20.9. The van der Waals surface area contributed by atoms with E-state index in [4.69, 9.17) is 23.9 Å². The summed E-state index contributed by atoms with van der Waals surface area (Å²) < 4.78 is 22.1. The molecular formula is C23H28N2O4. The molecule has 0 N–H and O–H groups in total. The average molecular weight is 396 g/mol. The van der Waals surface area contributed by atoms with Gasteiger partial charge in [0.1, 0.15) is 0 Å². The first kappa shape index (κ1) is 19.6. The number of nitrogens with zero attached hydrogens (tertiary/aromatic N) is 2. The van der Waals surface area contributed by atoms with Crippen LogP contribution in [0.25, 0.3) is 0 Å². The summed E-state index contributed by atoms with van der Waals surface area (Å²) in [7, 11) is 8.81. The van der Waals surface area contributed by atoms with E-state index in [1.165, 1.54) is 5.56 Å². The third-order valence-electron chi connectivity index (χ3n) is 5.94. The van der Waals surface area contributed by atoms with Crippen LogP contribution in [0.4, 0.5) is 0 Å². The van der Waals surface area contributed by atoms with Crippen LogP contribution < -0.4 is 18.9 Å². The summed E-state index contributed by atoms with van der Waals surface area (Å²) in [5, 5.41) is 0. The van der Waals surface area contributed by atoms with Gasteiger partial charge in [0, 0.05) is 23.6 Å². The van der Waals surface area contributed by atoms with Crippen molar-refractivity contribution >= 4 is 5.71 Å². The van der Waals surface area contributed by atoms with Crippen LogP contribution in [-0.2, 0) is 0 Å². The first-order valence-corrected chi connectivity index (χ1v) is 9.84. The fraction of sp³-hybridized carbons (Fsp3) is 0.435. The fourth-order valence-electron chi connectivity index (χ4n) is 4.42. The van der Waals surface area contributed by atoms with E-state index in [9.17, 15) is 0 Å². The molecule has 0 bridgehead atoms. The molecule has 0 radical (unpaired) electrons. The van der Waals surface area contributed by atoms with E-state index in [2.05, 4.69) is 24.1 Å². The van der Waals surface area contributed by atoms with Gasteiger partial charge in [-0.1, -0.05) is 0 Å². The molecule has 2 aromatic rings. The molecule has 1 fully saturated rings. The predicted octanol–water partition coefficient (Wildman–Crippen LogP) is 3.36. The number of rotatable bonds is 5. The van der Waals surface area contributed by atoms with Crippen LogP contribution >= 0.6 is 0 Å². The van der Waals surface area contributed by atoms with Gasteiger partial charge in [0.15, 0.2) is 23.0 Å². The average Bonchev–Trinajstić information content (AvgIpc) is 2.77. The Balaban J connectivity index is 1.89. The molecule has 29 heavy (non-hydrogen) atoms. The molecule has 0 aliphatic carbocycles. The minimum absolute atomic E-state index is 0.250. The molecule has 2 unspecified atom stereocenters. The van der Waals surface area contributed by atoms with Crippen LogP contribution in [0, 0.1) is 0 Å². The molecule has 0 aromatic heterocycles. The number of benzene rings is 2. The lowest BCUT2D eigenvalue weighted by molar-refractivity contribution is 0.227. The standard InChI is InChI=1S/C23H28N2O4/c1-25-9-8-18-17(13-25)15-11-21(28-4)22(29-5)12-16(15)23(24-18)14-6-7-19(26-2)20(10-14)27-3/h6-7,10-12,17-18H,8-9,13H2,1-5H3. The summed E-state index contributed by atoms with van der Waals surface area (Å²) in [6.45, 7) is 2.03. The van der Waals surface area contributed by atoms with Gasteiger partial charge in [-0.3, -0.25) is 4.99 Å². The number of methoxy groups -OCH3 is 4. The highest BCUT2D eigenvalue weighted by Crippen LogP contribution is 2.42. The van der Waals surface area contributed by atoms with Crippen molar-refractivity contribution in [2.75, 3.05) is 48.6 Å². The van der Waals surface area contributed by atoms with Crippen molar-refractivity contribution in [2.24, 2.45) is 4.99 Å². The van der Waals surface area contributed by atoms with Crippen molar-refractivity contribution in [3.63, 3.8) is 0 Å². The van der Waals surface area contributed by atoms with Crippen LogP contribution in [0.1, 0.15) is 29.0 Å². The Kier molecular flexibility index (Phi) is 5.37. The summed E-state index contributed by atoms with van der Waals surface area (Å²) in [4.78, 5) is 7.58. The zero-order chi connectivity index (χ0) is 20.5. The van der Waals surface area contributed by atoms with E-state index in [0.29, 0.717) is 23.2 Å². The molecule has 0 saturated carbocycles. The Morgan fingerprint density at radius 3 is 2.21 bits per heavy atom. The van der Waals surface area contributed by atoms with Crippen molar-refractivity contribution in [1.29, 1.82) is 0 Å². The number of likely N-dealkylation sites (tertiary alicyclic amines) is 1. The van der Waals surface area contributed by atoms with Crippen LogP contribution in [-0.4, -0.2) is 65.2 Å². The number of ether oxygens (including phenoxy) is 4. The highest BCUT2D eigenvalue weighted by Gasteiger charge is 2.36. The largest absolute Gasteiger partial charge is 0.493 e. The lowest BCUT2D eigenvalue weighted by Crippen LogP contribution is -2.41. The van der Waals surface area contributed by atoms with Gasteiger partial charge in [-0.15, -0.1) is 0 Å². The zero-order valence-corrected chi connectivity index (χ0v) is 17.7. The summed E-state index contributed by atoms with van der Waals surface area (Å²) >= 11 is 0. The predicted molar refractivity (Wildman–Crippen MR) is 113 cm³/mol. The SMILES string of the molecule is COc1ccc(C2=NC3CCN(C)CC3c3cc(OC)c(OC)cc32)cc1OC. The fourth-order valence-corrected chi connectivity index (χ4v) is 4.42. The monoisotopic (exact) mass is 396 g/mol. The number of likely N-dealkylation sites (N-methyl/N-ethyl adjacent to an activating group) is 1. The maximum atomic E-state index is 5.60. The van der Waals surface area contributed by atoms with Gasteiger partial charge < -0.3 is 23.8 Å². The summed E-state index contributed by atoms with van der Waals surface area (Å²) in [5.41, 5.74) is 4.33. The topological polar surface area (TPSA) is 52.5 Å². The molecule has 0 spiro atoms. The molecule has 0 amide bonds. The van der Waals surface area contributed by atoms with Crippen molar-refractivity contribution in [3.8, 4) is 23.0 Å². The Morgan fingerprint density at radius 1 is 0.862 bits per heavy atom. The molecule has 2 aliphatic rings. The van der Waals surface area contributed by atoms with E-state index >= 15 is 0 Å². The van der Waals surface area contributed by atoms with E-state index < -0.39 is 0 Å². The lowest BCUT2D eigenvalue weighted by Gasteiger charge is -2.39. The molecule has 4 rings (SSSR count). The number of fused-ring (bicyclic) bond motifs is 3. The molecule has 2 aromatic carbocycles. The third-order valence-corrected chi connectivity index (χ3v) is 5.94. The highest BCUT2D eigenvalue weighted by atomic mass is 16.5. The van der Waals surface area contributed by atoms with Crippen LogP contribution in [0.2, 0.25) is 0 Å². The minimum atomic E-state index is 0.250. The number of aliphatic imine (C=N–C) groups is 1. The smallest absolute Gasteiger partial charge is 0.161 e. The summed E-state index contributed by atoms with van der Waals surface area (Å²) in [6, 6.07) is 10.4. The lowest BCUT2D eigenvalue weighted by atomic mass is 9.79. The second-order valence-electron chi connectivity index (χ2n) is 7.57. The number of piperidine rings is 1.